The molecule has 4 heterocycles. The fourth-order valence-corrected chi connectivity index (χ4v) is 6.36. The first-order chi connectivity index (χ1) is 16.9. The number of nitrogens with zero attached hydrogens (tertiary/aromatic N) is 2. The minimum absolute atomic E-state index is 0.363. The van der Waals surface area contributed by atoms with Crippen LogP contribution in [0.5, 0.6) is 5.75 Å². The number of aliphatic imine (C=N–C) groups is 1. The van der Waals surface area contributed by atoms with Crippen molar-refractivity contribution in [2.45, 2.75) is 46.6 Å². The van der Waals surface area contributed by atoms with Crippen LogP contribution in [0.25, 0.3) is 42.6 Å². The van der Waals surface area contributed by atoms with Gasteiger partial charge in [0.2, 0.25) is 0 Å². The molecule has 35 heavy (non-hydrogen) atoms. The summed E-state index contributed by atoms with van der Waals surface area (Å²) >= 11 is 1.86. The molecule has 2 aromatic heterocycles. The van der Waals surface area contributed by atoms with E-state index >= 15 is 0 Å². The molecule has 3 aromatic carbocycles. The second kappa shape index (κ2) is 7.53. The van der Waals surface area contributed by atoms with Crippen LogP contribution in [0.3, 0.4) is 0 Å². The number of benzene rings is 3. The summed E-state index contributed by atoms with van der Waals surface area (Å²) in [4.78, 5) is 13.2. The molecule has 0 spiro atoms. The second-order valence-electron chi connectivity index (χ2n) is 10.3. The smallest absolute Gasteiger partial charge is 0.130 e. The third-order valence-electron chi connectivity index (χ3n) is 7.26. The lowest BCUT2D eigenvalue weighted by atomic mass is 9.98. The lowest BCUT2D eigenvalue weighted by molar-refractivity contribution is 0.298. The third-order valence-corrected chi connectivity index (χ3v) is 8.38. The summed E-state index contributed by atoms with van der Waals surface area (Å²) in [6.45, 7) is 9.30. The Morgan fingerprint density at radius 2 is 1.69 bits per heavy atom. The molecule has 4 nitrogen and oxygen atoms in total. The lowest BCUT2D eigenvalue weighted by Gasteiger charge is -2.17. The van der Waals surface area contributed by atoms with E-state index in [1.807, 2.05) is 11.3 Å². The normalized spacial score (nSPS) is 14.4. The first kappa shape index (κ1) is 20.9. The number of thiophene rings is 1. The Labute approximate surface area is 208 Å². The standard InChI is InChI=1S/C30H27N3OS/c1-15(2)23-10-19-9-22-20-7-5-18(12-27(20)35-28(22)13-24(19)31-23)17-6-8-21-26(11-17)34-14-25-29(21)33-30(32-25)16(3)4/h5-9,11-13,15-16H,10,14H2,1-4H3,(H,32,33). The zero-order valence-electron chi connectivity index (χ0n) is 20.4. The van der Waals surface area contributed by atoms with E-state index in [9.17, 15) is 0 Å². The molecule has 0 aliphatic carbocycles. The molecule has 5 aromatic rings. The number of hydrogen-bond donors (Lipinski definition) is 1. The molecule has 0 saturated heterocycles. The predicted molar refractivity (Wildman–Crippen MR) is 146 cm³/mol. The second-order valence-corrected chi connectivity index (χ2v) is 11.4. The molecule has 0 bridgehead atoms. The van der Waals surface area contributed by atoms with Crippen LogP contribution in [0.15, 0.2) is 53.5 Å². The van der Waals surface area contributed by atoms with E-state index in [1.54, 1.807) is 0 Å². The van der Waals surface area contributed by atoms with E-state index in [4.69, 9.17) is 14.7 Å². The van der Waals surface area contributed by atoms with Gasteiger partial charge in [0, 0.05) is 43.8 Å². The average molecular weight is 478 g/mol. The number of aromatic nitrogens is 2. The molecule has 2 aliphatic rings. The van der Waals surface area contributed by atoms with Crippen LogP contribution in [-0.2, 0) is 13.0 Å². The summed E-state index contributed by atoms with van der Waals surface area (Å²) in [5.41, 5.74) is 9.33. The van der Waals surface area contributed by atoms with Crippen LogP contribution >= 0.6 is 11.3 Å². The van der Waals surface area contributed by atoms with Gasteiger partial charge in [0.1, 0.15) is 18.2 Å². The van der Waals surface area contributed by atoms with Crippen LogP contribution in [0.4, 0.5) is 5.69 Å². The quantitative estimate of drug-likeness (QED) is 0.283. The maximum absolute atomic E-state index is 6.13. The highest BCUT2D eigenvalue weighted by Gasteiger charge is 2.23. The fourth-order valence-electron chi connectivity index (χ4n) is 5.20. The van der Waals surface area contributed by atoms with Crippen molar-refractivity contribution in [1.29, 1.82) is 0 Å². The number of aromatic amines is 1. The van der Waals surface area contributed by atoms with Crippen molar-refractivity contribution >= 4 is 42.9 Å². The van der Waals surface area contributed by atoms with Crippen molar-refractivity contribution < 1.29 is 4.74 Å². The average Bonchev–Trinajstić information content (AvgIpc) is 3.56. The molecule has 0 atom stereocenters. The summed E-state index contributed by atoms with van der Waals surface area (Å²) in [6.07, 6.45) is 0.976. The van der Waals surface area contributed by atoms with Gasteiger partial charge in [0.15, 0.2) is 0 Å². The number of hydrogen-bond acceptors (Lipinski definition) is 4. The Morgan fingerprint density at radius 3 is 2.51 bits per heavy atom. The molecular formula is C30H27N3OS. The molecular weight excluding hydrogens is 450 g/mol. The summed E-state index contributed by atoms with van der Waals surface area (Å²) in [5, 5.41) is 2.67. The Morgan fingerprint density at radius 1 is 0.886 bits per heavy atom. The summed E-state index contributed by atoms with van der Waals surface area (Å²) < 4.78 is 8.75. The molecule has 2 aliphatic heterocycles. The first-order valence-corrected chi connectivity index (χ1v) is 13.2. The molecule has 0 fully saturated rings. The largest absolute Gasteiger partial charge is 0.487 e. The Balaban J connectivity index is 1.28. The SMILES string of the molecule is CC(C)C1=Nc2cc3sc4cc(-c5ccc6c(c5)OCc5[nH]c(C(C)C)nc5-6)ccc4c3cc2C1. The Kier molecular flexibility index (Phi) is 4.49. The number of rotatable bonds is 3. The number of fused-ring (bicyclic) bond motifs is 7. The van der Waals surface area contributed by atoms with Gasteiger partial charge in [-0.05, 0) is 52.9 Å². The van der Waals surface area contributed by atoms with Crippen LogP contribution in [-0.4, -0.2) is 15.7 Å². The fraction of sp³-hybridized carbons (Fsp3) is 0.267. The van der Waals surface area contributed by atoms with Gasteiger partial charge in [-0.1, -0.05) is 45.9 Å². The Bertz CT molecular complexity index is 1690. The molecule has 1 N–H and O–H groups in total. The number of imidazole rings is 1. The van der Waals surface area contributed by atoms with Gasteiger partial charge in [-0.15, -0.1) is 11.3 Å². The van der Waals surface area contributed by atoms with Gasteiger partial charge in [0.25, 0.3) is 0 Å². The maximum atomic E-state index is 6.13. The van der Waals surface area contributed by atoms with Gasteiger partial charge in [-0.25, -0.2) is 4.98 Å². The molecule has 0 radical (unpaired) electrons. The van der Waals surface area contributed by atoms with E-state index in [0.717, 1.165) is 40.6 Å². The van der Waals surface area contributed by atoms with Crippen molar-refractivity contribution in [3.05, 3.63) is 65.6 Å². The number of nitrogens with one attached hydrogen (secondary N) is 1. The highest BCUT2D eigenvalue weighted by Crippen LogP contribution is 2.43. The first-order valence-electron chi connectivity index (χ1n) is 12.4. The summed E-state index contributed by atoms with van der Waals surface area (Å²) in [6, 6.07) is 18.0. The number of H-pyrrole nitrogens is 1. The maximum Gasteiger partial charge on any atom is 0.130 e. The van der Waals surface area contributed by atoms with E-state index in [2.05, 4.69) is 81.2 Å². The summed E-state index contributed by atoms with van der Waals surface area (Å²) in [7, 11) is 0. The van der Waals surface area contributed by atoms with Crippen molar-refractivity contribution in [2.75, 3.05) is 0 Å². The van der Waals surface area contributed by atoms with E-state index in [0.29, 0.717) is 18.4 Å². The third kappa shape index (κ3) is 3.25. The van der Waals surface area contributed by atoms with Gasteiger partial charge >= 0.3 is 0 Å². The zero-order valence-corrected chi connectivity index (χ0v) is 21.2. The molecule has 0 unspecified atom stereocenters. The Hall–Kier alpha value is -3.44. The molecule has 0 amide bonds. The molecule has 174 valence electrons. The van der Waals surface area contributed by atoms with Gasteiger partial charge in [-0.2, -0.15) is 0 Å². The van der Waals surface area contributed by atoms with Crippen LogP contribution in [0, 0.1) is 5.92 Å². The lowest BCUT2D eigenvalue weighted by Crippen LogP contribution is -2.06. The van der Waals surface area contributed by atoms with Gasteiger partial charge in [-0.3, -0.25) is 4.99 Å². The predicted octanol–water partition coefficient (Wildman–Crippen LogP) is 8.41. The minimum atomic E-state index is 0.363. The van der Waals surface area contributed by atoms with Crippen molar-refractivity contribution in [1.82, 2.24) is 9.97 Å². The highest BCUT2D eigenvalue weighted by molar-refractivity contribution is 7.25. The van der Waals surface area contributed by atoms with Crippen molar-refractivity contribution in [3.8, 4) is 28.1 Å². The van der Waals surface area contributed by atoms with Crippen LogP contribution in [0.1, 0.15) is 50.7 Å². The van der Waals surface area contributed by atoms with E-state index in [-0.39, 0.29) is 0 Å². The van der Waals surface area contributed by atoms with Crippen LogP contribution < -0.4 is 4.74 Å². The highest BCUT2D eigenvalue weighted by atomic mass is 32.1. The van der Waals surface area contributed by atoms with E-state index < -0.39 is 0 Å². The molecule has 7 rings (SSSR count). The van der Waals surface area contributed by atoms with Gasteiger partial charge in [0.05, 0.1) is 17.1 Å². The number of ether oxygens (including phenoxy) is 1. The monoisotopic (exact) mass is 477 g/mol. The van der Waals surface area contributed by atoms with Gasteiger partial charge < -0.3 is 9.72 Å². The topological polar surface area (TPSA) is 50.3 Å². The van der Waals surface area contributed by atoms with Crippen molar-refractivity contribution in [3.63, 3.8) is 0 Å². The zero-order chi connectivity index (χ0) is 23.8. The van der Waals surface area contributed by atoms with Crippen molar-refractivity contribution in [2.24, 2.45) is 10.9 Å². The molecule has 5 heteroatoms. The van der Waals surface area contributed by atoms with E-state index in [1.165, 1.54) is 42.6 Å². The summed E-state index contributed by atoms with van der Waals surface area (Å²) in [5.74, 6) is 2.78. The minimum Gasteiger partial charge on any atom is -0.487 e. The van der Waals surface area contributed by atoms with Crippen LogP contribution in [0.2, 0.25) is 0 Å². The molecule has 0 saturated carbocycles.